The molecular weight excluding hydrogens is 278 g/mol. The average Bonchev–Trinajstić information content (AvgIpc) is 2.87. The molecule has 1 heterocycles. The van der Waals surface area contributed by atoms with Gasteiger partial charge in [-0.15, -0.1) is 0 Å². The lowest BCUT2D eigenvalue weighted by Gasteiger charge is -2.28. The van der Waals surface area contributed by atoms with Gasteiger partial charge in [-0.3, -0.25) is 19.7 Å². The maximum absolute atomic E-state index is 12.2. The van der Waals surface area contributed by atoms with Gasteiger partial charge in [-0.25, -0.2) is 0 Å². The van der Waals surface area contributed by atoms with Gasteiger partial charge in [0, 0.05) is 11.3 Å². The molecule has 2 rings (SSSR count). The van der Waals surface area contributed by atoms with E-state index in [1.165, 1.54) is 0 Å². The number of carbonyl (C=O) groups excluding carboxylic acids is 2. The van der Waals surface area contributed by atoms with Gasteiger partial charge in [-0.2, -0.15) is 0 Å². The highest BCUT2D eigenvalue weighted by Gasteiger charge is 2.59. The molecule has 1 aliphatic heterocycles. The van der Waals surface area contributed by atoms with Crippen LogP contribution in [-0.4, -0.2) is 37.1 Å². The summed E-state index contributed by atoms with van der Waals surface area (Å²) in [5, 5.41) is 11.0. The predicted molar refractivity (Wildman–Crippen MR) is 71.1 cm³/mol. The van der Waals surface area contributed by atoms with Crippen molar-refractivity contribution in [1.82, 2.24) is 0 Å². The monoisotopic (exact) mass is 293 g/mol. The SMILES string of the molecule is COC(=O)C1([C@@H](C[N+](=O)[O-])c2ccccc2)CCOC1=O. The van der Waals surface area contributed by atoms with Gasteiger partial charge in [-0.1, -0.05) is 30.3 Å². The molecule has 0 N–H and O–H groups in total. The Bertz CT molecular complexity index is 558. The number of methoxy groups -OCH3 is 1. The van der Waals surface area contributed by atoms with E-state index in [9.17, 15) is 19.7 Å². The Morgan fingerprint density at radius 3 is 2.62 bits per heavy atom. The van der Waals surface area contributed by atoms with Crippen molar-refractivity contribution < 1.29 is 24.0 Å². The fourth-order valence-corrected chi connectivity index (χ4v) is 2.74. The van der Waals surface area contributed by atoms with Crippen LogP contribution in [0.15, 0.2) is 30.3 Å². The summed E-state index contributed by atoms with van der Waals surface area (Å²) in [5.41, 5.74) is -1.11. The van der Waals surface area contributed by atoms with Gasteiger partial charge < -0.3 is 9.47 Å². The van der Waals surface area contributed by atoms with Crippen LogP contribution in [0.2, 0.25) is 0 Å². The van der Waals surface area contributed by atoms with Gasteiger partial charge in [0.05, 0.1) is 19.6 Å². The highest BCUT2D eigenvalue weighted by atomic mass is 16.6. The third kappa shape index (κ3) is 2.58. The minimum Gasteiger partial charge on any atom is -0.468 e. The Morgan fingerprint density at radius 2 is 2.14 bits per heavy atom. The molecule has 0 aromatic heterocycles. The predicted octanol–water partition coefficient (Wildman–Crippen LogP) is 1.15. The summed E-state index contributed by atoms with van der Waals surface area (Å²) in [6, 6.07) is 8.47. The Morgan fingerprint density at radius 1 is 1.48 bits per heavy atom. The summed E-state index contributed by atoms with van der Waals surface area (Å²) in [6.45, 7) is -0.497. The lowest BCUT2D eigenvalue weighted by molar-refractivity contribution is -0.485. The second-order valence-electron chi connectivity index (χ2n) is 4.83. The summed E-state index contributed by atoms with van der Waals surface area (Å²) in [4.78, 5) is 34.8. The van der Waals surface area contributed by atoms with Crippen LogP contribution in [-0.2, 0) is 19.1 Å². The van der Waals surface area contributed by atoms with Crippen molar-refractivity contribution in [2.24, 2.45) is 5.41 Å². The normalized spacial score (nSPS) is 22.4. The van der Waals surface area contributed by atoms with E-state index in [1.54, 1.807) is 30.3 Å². The van der Waals surface area contributed by atoms with Crippen molar-refractivity contribution in [2.45, 2.75) is 12.3 Å². The van der Waals surface area contributed by atoms with Crippen LogP contribution in [0.1, 0.15) is 17.9 Å². The third-order valence-electron chi connectivity index (χ3n) is 3.77. The summed E-state index contributed by atoms with van der Waals surface area (Å²) >= 11 is 0. The lowest BCUT2D eigenvalue weighted by atomic mass is 9.70. The van der Waals surface area contributed by atoms with Crippen molar-refractivity contribution in [3.8, 4) is 0 Å². The molecule has 1 aromatic carbocycles. The number of nitro groups is 1. The third-order valence-corrected chi connectivity index (χ3v) is 3.77. The molecule has 21 heavy (non-hydrogen) atoms. The summed E-state index contributed by atoms with van der Waals surface area (Å²) < 4.78 is 9.64. The molecule has 1 aromatic rings. The standard InChI is InChI=1S/C14H15NO6/c1-20-12(16)14(7-8-21-13(14)17)11(9-15(18)19)10-5-3-2-4-6-10/h2-6,11H,7-9H2,1H3/t11-,14?/m0/s1. The van der Waals surface area contributed by atoms with Crippen LogP contribution >= 0.6 is 0 Å². The molecule has 1 unspecified atom stereocenters. The number of cyclic esters (lactones) is 1. The lowest BCUT2D eigenvalue weighted by Crippen LogP contribution is -2.44. The molecule has 0 spiro atoms. The van der Waals surface area contributed by atoms with Gasteiger partial charge in [-0.05, 0) is 5.56 Å². The van der Waals surface area contributed by atoms with Gasteiger partial charge in [0.1, 0.15) is 0 Å². The van der Waals surface area contributed by atoms with Crippen LogP contribution in [0.5, 0.6) is 0 Å². The molecule has 112 valence electrons. The molecule has 7 nitrogen and oxygen atoms in total. The highest BCUT2D eigenvalue weighted by Crippen LogP contribution is 2.45. The highest BCUT2D eigenvalue weighted by molar-refractivity contribution is 6.02. The zero-order valence-corrected chi connectivity index (χ0v) is 11.5. The molecule has 1 fully saturated rings. The van der Waals surface area contributed by atoms with Crippen molar-refractivity contribution in [3.63, 3.8) is 0 Å². The number of rotatable bonds is 5. The van der Waals surface area contributed by atoms with Gasteiger partial charge >= 0.3 is 11.9 Å². The van der Waals surface area contributed by atoms with Crippen LogP contribution in [0.4, 0.5) is 0 Å². The van der Waals surface area contributed by atoms with Gasteiger partial charge in [0.15, 0.2) is 5.41 Å². The Balaban J connectivity index is 2.53. The molecule has 1 saturated heterocycles. The number of ether oxygens (including phenoxy) is 2. The first kappa shape index (κ1) is 15.0. The van der Waals surface area contributed by atoms with E-state index in [2.05, 4.69) is 0 Å². The van der Waals surface area contributed by atoms with E-state index in [0.29, 0.717) is 5.56 Å². The number of hydrogen-bond acceptors (Lipinski definition) is 6. The van der Waals surface area contributed by atoms with E-state index in [-0.39, 0.29) is 13.0 Å². The molecule has 0 amide bonds. The van der Waals surface area contributed by atoms with Crippen molar-refractivity contribution in [1.29, 1.82) is 0 Å². The molecule has 0 bridgehead atoms. The number of benzene rings is 1. The molecule has 0 saturated carbocycles. The van der Waals surface area contributed by atoms with Crippen molar-refractivity contribution in [3.05, 3.63) is 46.0 Å². The van der Waals surface area contributed by atoms with Crippen molar-refractivity contribution in [2.75, 3.05) is 20.3 Å². The van der Waals surface area contributed by atoms with Crippen molar-refractivity contribution >= 4 is 11.9 Å². The number of carbonyl (C=O) groups is 2. The number of nitrogens with zero attached hydrogens (tertiary/aromatic N) is 1. The van der Waals surface area contributed by atoms with Crippen LogP contribution in [0.3, 0.4) is 0 Å². The fourth-order valence-electron chi connectivity index (χ4n) is 2.74. The summed E-state index contributed by atoms with van der Waals surface area (Å²) in [6.07, 6.45) is 0.0753. The topological polar surface area (TPSA) is 95.7 Å². The van der Waals surface area contributed by atoms with E-state index >= 15 is 0 Å². The second kappa shape index (κ2) is 5.90. The number of hydrogen-bond donors (Lipinski definition) is 0. The van der Waals surface area contributed by atoms with E-state index in [1.807, 2.05) is 0 Å². The Kier molecular flexibility index (Phi) is 4.21. The van der Waals surface area contributed by atoms with Gasteiger partial charge in [0.2, 0.25) is 6.54 Å². The summed E-state index contributed by atoms with van der Waals surface area (Å²) in [7, 11) is 1.16. The largest absolute Gasteiger partial charge is 0.468 e. The maximum atomic E-state index is 12.2. The van der Waals surface area contributed by atoms with Crippen LogP contribution < -0.4 is 0 Å². The smallest absolute Gasteiger partial charge is 0.324 e. The minimum atomic E-state index is -1.65. The molecule has 0 aliphatic carbocycles. The molecule has 7 heteroatoms. The minimum absolute atomic E-state index is 0.0506. The van der Waals surface area contributed by atoms with E-state index in [4.69, 9.17) is 9.47 Å². The van der Waals surface area contributed by atoms with Crippen LogP contribution in [0, 0.1) is 15.5 Å². The average molecular weight is 293 g/mol. The molecule has 2 atom stereocenters. The Hall–Kier alpha value is -2.44. The molecule has 1 aliphatic rings. The van der Waals surface area contributed by atoms with Gasteiger partial charge in [0.25, 0.3) is 0 Å². The Labute approximate surface area is 121 Å². The molecular formula is C14H15NO6. The zero-order valence-electron chi connectivity index (χ0n) is 11.5. The van der Waals surface area contributed by atoms with Crippen LogP contribution in [0.25, 0.3) is 0 Å². The first-order valence-electron chi connectivity index (χ1n) is 6.44. The zero-order chi connectivity index (χ0) is 15.5. The second-order valence-corrected chi connectivity index (χ2v) is 4.83. The summed E-state index contributed by atoms with van der Waals surface area (Å²) in [5.74, 6) is -2.47. The maximum Gasteiger partial charge on any atom is 0.324 e. The quantitative estimate of drug-likeness (QED) is 0.350. The first-order chi connectivity index (χ1) is 10.0. The van der Waals surface area contributed by atoms with E-state index < -0.39 is 34.7 Å². The van der Waals surface area contributed by atoms with E-state index in [0.717, 1.165) is 7.11 Å². The number of esters is 2. The first-order valence-corrected chi connectivity index (χ1v) is 6.44. The fraction of sp³-hybridized carbons (Fsp3) is 0.429. The molecule has 0 radical (unpaired) electrons.